The number of amides is 2. The first-order valence-electron chi connectivity index (χ1n) is 15.2. The molecule has 2 aromatic carbocycles. The number of rotatable bonds is 11. The van der Waals surface area contributed by atoms with E-state index in [4.69, 9.17) is 16.3 Å². The monoisotopic (exact) mass is 672 g/mol. The second-order valence-corrected chi connectivity index (χ2v) is 11.6. The lowest BCUT2D eigenvalue weighted by Gasteiger charge is -2.32. The quantitative estimate of drug-likeness (QED) is 0.134. The molecule has 5 aromatic rings. The van der Waals surface area contributed by atoms with Crippen LogP contribution in [-0.4, -0.2) is 75.6 Å². The summed E-state index contributed by atoms with van der Waals surface area (Å²) < 4.78 is 36.7. The molecule has 0 aliphatic carbocycles. The van der Waals surface area contributed by atoms with Crippen molar-refractivity contribution in [3.8, 4) is 17.0 Å². The third-order valence-corrected chi connectivity index (χ3v) is 8.43. The Morgan fingerprint density at radius 3 is 2.58 bits per heavy atom. The van der Waals surface area contributed by atoms with E-state index in [0.29, 0.717) is 53.6 Å². The summed E-state index contributed by atoms with van der Waals surface area (Å²) in [5, 5.41) is 6.38. The smallest absolute Gasteiger partial charge is 0.255 e. The Balaban J connectivity index is 1.10. The van der Waals surface area contributed by atoms with Crippen molar-refractivity contribution in [1.82, 2.24) is 29.6 Å². The average Bonchev–Trinajstić information content (AvgIpc) is 3.54. The first-order valence-corrected chi connectivity index (χ1v) is 15.6. The highest BCUT2D eigenvalue weighted by atomic mass is 35.5. The highest BCUT2D eigenvalue weighted by molar-refractivity contribution is 6.34. The van der Waals surface area contributed by atoms with Gasteiger partial charge >= 0.3 is 0 Å². The number of carbonyl (C=O) groups is 2. The summed E-state index contributed by atoms with van der Waals surface area (Å²) in [6.45, 7) is 5.29. The lowest BCUT2D eigenvalue weighted by Crippen LogP contribution is -2.41. The van der Waals surface area contributed by atoms with Crippen LogP contribution in [0.3, 0.4) is 0 Å². The van der Waals surface area contributed by atoms with Crippen molar-refractivity contribution in [2.75, 3.05) is 38.1 Å². The number of halogens is 3. The SMILES string of the molecule is C=NCCOc1ccc(-c2cnc3c(Nc4ccc(C(=O)N5CCC(CNC(=O)c6ccncc6)CC5)c(Cl)c4)nccn23)c(F)c1F. The van der Waals surface area contributed by atoms with Crippen molar-refractivity contribution < 1.29 is 23.1 Å². The molecule has 3 aromatic heterocycles. The van der Waals surface area contributed by atoms with Crippen LogP contribution in [0, 0.1) is 17.6 Å². The Bertz CT molecular complexity index is 1970. The predicted molar refractivity (Wildman–Crippen MR) is 178 cm³/mol. The number of imidazole rings is 1. The topological polar surface area (TPSA) is 126 Å². The molecule has 0 saturated carbocycles. The average molecular weight is 673 g/mol. The van der Waals surface area contributed by atoms with Crippen molar-refractivity contribution in [2.24, 2.45) is 10.9 Å². The number of likely N-dealkylation sites (tertiary alicyclic amines) is 1. The van der Waals surface area contributed by atoms with E-state index in [9.17, 15) is 14.0 Å². The Kier molecular flexibility index (Phi) is 9.86. The largest absolute Gasteiger partial charge is 0.488 e. The van der Waals surface area contributed by atoms with Crippen molar-refractivity contribution >= 4 is 47.3 Å². The minimum absolute atomic E-state index is 0.00371. The summed E-state index contributed by atoms with van der Waals surface area (Å²) in [6.07, 6.45) is 9.18. The predicted octanol–water partition coefficient (Wildman–Crippen LogP) is 5.83. The van der Waals surface area contributed by atoms with E-state index in [1.807, 2.05) is 0 Å². The van der Waals surface area contributed by atoms with Gasteiger partial charge in [0.15, 0.2) is 23.0 Å². The fourth-order valence-corrected chi connectivity index (χ4v) is 5.79. The molecule has 1 aliphatic heterocycles. The van der Waals surface area contributed by atoms with Gasteiger partial charge in [-0.15, -0.1) is 0 Å². The Hall–Kier alpha value is -5.43. The van der Waals surface area contributed by atoms with Crippen LogP contribution >= 0.6 is 11.6 Å². The van der Waals surface area contributed by atoms with Crippen LogP contribution in [0.2, 0.25) is 5.02 Å². The van der Waals surface area contributed by atoms with Crippen molar-refractivity contribution in [3.05, 3.63) is 101 Å². The Morgan fingerprint density at radius 2 is 1.83 bits per heavy atom. The molecule has 1 aliphatic rings. The van der Waals surface area contributed by atoms with Gasteiger partial charge in [0.2, 0.25) is 5.82 Å². The van der Waals surface area contributed by atoms with Crippen molar-refractivity contribution in [2.45, 2.75) is 12.8 Å². The van der Waals surface area contributed by atoms with Crippen molar-refractivity contribution in [3.63, 3.8) is 0 Å². The van der Waals surface area contributed by atoms with E-state index in [-0.39, 0.29) is 47.2 Å². The molecule has 1 saturated heterocycles. The fourth-order valence-electron chi connectivity index (χ4n) is 5.52. The summed E-state index contributed by atoms with van der Waals surface area (Å²) in [5.74, 6) is -2.12. The first kappa shape index (κ1) is 32.5. The molecule has 0 atom stereocenters. The van der Waals surface area contributed by atoms with E-state index < -0.39 is 11.6 Å². The summed E-state index contributed by atoms with van der Waals surface area (Å²) >= 11 is 6.59. The fraction of sp³-hybridized carbons (Fsp3) is 0.235. The summed E-state index contributed by atoms with van der Waals surface area (Å²) in [4.78, 5) is 43.8. The molecule has 4 heterocycles. The highest BCUT2D eigenvalue weighted by Gasteiger charge is 2.26. The molecule has 0 unspecified atom stereocenters. The number of ether oxygens (including phenoxy) is 1. The molecule has 48 heavy (non-hydrogen) atoms. The molecule has 0 bridgehead atoms. The van der Waals surface area contributed by atoms with Crippen LogP contribution < -0.4 is 15.4 Å². The molecule has 2 N–H and O–H groups in total. The maximum absolute atomic E-state index is 15.1. The van der Waals surface area contributed by atoms with E-state index in [2.05, 4.69) is 37.3 Å². The number of pyridine rings is 1. The lowest BCUT2D eigenvalue weighted by atomic mass is 9.96. The Morgan fingerprint density at radius 1 is 1.04 bits per heavy atom. The van der Waals surface area contributed by atoms with Gasteiger partial charge < -0.3 is 20.3 Å². The van der Waals surface area contributed by atoms with Crippen LogP contribution in [0.4, 0.5) is 20.3 Å². The molecule has 1 fully saturated rings. The minimum atomic E-state index is -1.11. The summed E-state index contributed by atoms with van der Waals surface area (Å²) in [7, 11) is 0. The van der Waals surface area contributed by atoms with E-state index in [0.717, 1.165) is 12.8 Å². The molecule has 14 heteroatoms. The number of piperidine rings is 1. The molecule has 11 nitrogen and oxygen atoms in total. The standard InChI is InChI=1S/C34H31ClF2N8O3/c1-38-13-17-48-28-5-4-25(29(36)30(28)37)27-20-41-32-31(40-12-16-45(27)32)43-23-2-3-24(26(35)18-23)34(47)44-14-8-21(9-15-44)19-42-33(46)22-6-10-39-11-7-22/h2-7,10-12,16,18,20-21H,1,8-9,13-15,17,19H2,(H,40,43)(H,42,46). The number of aromatic nitrogens is 4. The number of carbonyl (C=O) groups excluding carboxylic acids is 2. The van der Waals surface area contributed by atoms with E-state index >= 15 is 4.39 Å². The lowest BCUT2D eigenvalue weighted by molar-refractivity contribution is 0.0684. The van der Waals surface area contributed by atoms with Gasteiger partial charge in [-0.3, -0.25) is 24.0 Å². The second-order valence-electron chi connectivity index (χ2n) is 11.1. The number of nitrogens with one attached hydrogen (secondary N) is 2. The van der Waals surface area contributed by atoms with Crippen LogP contribution in [0.5, 0.6) is 5.75 Å². The molecule has 0 radical (unpaired) electrons. The number of hydrogen-bond donors (Lipinski definition) is 2. The zero-order valence-corrected chi connectivity index (χ0v) is 26.5. The van der Waals surface area contributed by atoms with Gasteiger partial charge in [-0.25, -0.2) is 14.4 Å². The van der Waals surface area contributed by atoms with Gasteiger partial charge in [-0.2, -0.15) is 4.39 Å². The minimum Gasteiger partial charge on any atom is -0.488 e. The van der Waals surface area contributed by atoms with Crippen molar-refractivity contribution in [1.29, 1.82) is 0 Å². The van der Waals surface area contributed by atoms with Gasteiger partial charge in [-0.05, 0) is 67.9 Å². The summed E-state index contributed by atoms with van der Waals surface area (Å²) in [6, 6.07) is 11.1. The number of hydrogen-bond acceptors (Lipinski definition) is 8. The third-order valence-electron chi connectivity index (χ3n) is 8.12. The second kappa shape index (κ2) is 14.6. The maximum Gasteiger partial charge on any atom is 0.255 e. The van der Waals surface area contributed by atoms with Gasteiger partial charge in [-0.1, -0.05) is 11.6 Å². The molecular weight excluding hydrogens is 642 g/mol. The van der Waals surface area contributed by atoms with E-state index in [1.54, 1.807) is 58.2 Å². The number of anilines is 2. The molecule has 0 spiro atoms. The van der Waals surface area contributed by atoms with Gasteiger partial charge in [0.25, 0.3) is 11.8 Å². The third kappa shape index (κ3) is 6.95. The zero-order chi connectivity index (χ0) is 33.6. The number of fused-ring (bicyclic) bond motifs is 1. The number of benzene rings is 2. The molecule has 6 rings (SSSR count). The van der Waals surface area contributed by atoms with Crippen LogP contribution in [0.15, 0.2) is 78.4 Å². The van der Waals surface area contributed by atoms with Crippen LogP contribution in [0.1, 0.15) is 33.6 Å². The molecule has 246 valence electrons. The first-order chi connectivity index (χ1) is 23.3. The van der Waals surface area contributed by atoms with Gasteiger partial charge in [0.05, 0.1) is 29.0 Å². The van der Waals surface area contributed by atoms with Gasteiger partial charge in [0.1, 0.15) is 6.61 Å². The van der Waals surface area contributed by atoms with Gasteiger partial charge in [0, 0.05) is 61.2 Å². The van der Waals surface area contributed by atoms with Crippen LogP contribution in [-0.2, 0) is 0 Å². The van der Waals surface area contributed by atoms with E-state index in [1.165, 1.54) is 24.5 Å². The molecule has 2 amide bonds. The van der Waals surface area contributed by atoms with Crippen LogP contribution in [0.25, 0.3) is 16.9 Å². The summed E-state index contributed by atoms with van der Waals surface area (Å²) in [5.41, 5.74) is 2.15. The zero-order valence-electron chi connectivity index (χ0n) is 25.7. The Labute approximate surface area is 279 Å². The number of aliphatic imine (C=N–C) groups is 1. The normalized spacial score (nSPS) is 13.4. The molecular formula is C34H31ClF2N8O3. The number of nitrogens with zero attached hydrogens (tertiary/aromatic N) is 6. The highest BCUT2D eigenvalue weighted by Crippen LogP contribution is 2.32. The maximum atomic E-state index is 15.1.